The van der Waals surface area contributed by atoms with Crippen molar-refractivity contribution >= 4 is 5.84 Å². The monoisotopic (exact) mass is 168 g/mol. The molecule has 0 aliphatic heterocycles. The molecule has 1 rings (SSSR count). The van der Waals surface area contributed by atoms with E-state index in [1.807, 2.05) is 0 Å². The molecule has 2 nitrogen and oxygen atoms in total. The Morgan fingerprint density at radius 3 is 2.25 bits per heavy atom. The van der Waals surface area contributed by atoms with Gasteiger partial charge in [0.25, 0.3) is 0 Å². The average Bonchev–Trinajstić information content (AvgIpc) is 2.65. The summed E-state index contributed by atoms with van der Waals surface area (Å²) in [5.41, 5.74) is 5.90. The topological polar surface area (TPSA) is 38.4 Å². The third-order valence-electron chi connectivity index (χ3n) is 2.42. The van der Waals surface area contributed by atoms with Gasteiger partial charge in [0, 0.05) is 5.41 Å². The summed E-state index contributed by atoms with van der Waals surface area (Å²) in [5, 5.41) is 0. The Morgan fingerprint density at radius 2 is 1.92 bits per heavy atom. The Morgan fingerprint density at radius 1 is 1.42 bits per heavy atom. The minimum atomic E-state index is 0.0309. The molecule has 0 amide bonds. The second kappa shape index (κ2) is 3.08. The summed E-state index contributed by atoms with van der Waals surface area (Å²) < 4.78 is 0. The molecule has 0 aromatic heterocycles. The Balaban J connectivity index is 2.54. The van der Waals surface area contributed by atoms with Gasteiger partial charge in [-0.05, 0) is 25.7 Å². The largest absolute Gasteiger partial charge is 0.387 e. The van der Waals surface area contributed by atoms with E-state index in [1.54, 1.807) is 0 Å². The first-order chi connectivity index (χ1) is 5.41. The first kappa shape index (κ1) is 9.56. The highest BCUT2D eigenvalue weighted by Gasteiger charge is 2.28. The van der Waals surface area contributed by atoms with Crippen molar-refractivity contribution in [2.24, 2.45) is 22.1 Å². The Labute approximate surface area is 75.3 Å². The normalized spacial score (nSPS) is 22.5. The molecule has 1 saturated carbocycles. The zero-order valence-corrected chi connectivity index (χ0v) is 8.59. The second-order valence-electron chi connectivity index (χ2n) is 4.84. The molecule has 0 radical (unpaired) electrons. The molecular formula is C10H20N2. The molecule has 0 bridgehead atoms. The molecule has 1 aliphatic rings. The minimum absolute atomic E-state index is 0.0309. The molecule has 2 heteroatoms. The van der Waals surface area contributed by atoms with Crippen molar-refractivity contribution in [3.63, 3.8) is 0 Å². The molecule has 70 valence electrons. The van der Waals surface area contributed by atoms with Crippen LogP contribution in [0, 0.1) is 11.3 Å². The maximum absolute atomic E-state index is 5.87. The van der Waals surface area contributed by atoms with E-state index in [2.05, 4.69) is 32.7 Å². The highest BCUT2D eigenvalue weighted by Crippen LogP contribution is 2.34. The Hall–Kier alpha value is -0.530. The van der Waals surface area contributed by atoms with Crippen LogP contribution in [-0.4, -0.2) is 11.9 Å². The first-order valence-electron chi connectivity index (χ1n) is 4.75. The summed E-state index contributed by atoms with van der Waals surface area (Å²) in [5.74, 6) is 1.60. The zero-order chi connectivity index (χ0) is 9.35. The number of nitrogens with zero attached hydrogens (tertiary/aromatic N) is 1. The van der Waals surface area contributed by atoms with E-state index < -0.39 is 0 Å². The number of aliphatic imine (C=N–C) groups is 1. The van der Waals surface area contributed by atoms with Gasteiger partial charge >= 0.3 is 0 Å². The molecule has 0 saturated heterocycles. The predicted octanol–water partition coefficient (Wildman–Crippen LogP) is 2.19. The molecule has 0 spiro atoms. The highest BCUT2D eigenvalue weighted by atomic mass is 14.9. The standard InChI is InChI=1S/C10H20N2/c1-7(8-5-6-8)12-9(11)10(2,3)4/h7-8H,5-6H2,1-4H3,(H2,11,12). The van der Waals surface area contributed by atoms with Crippen molar-refractivity contribution in [3.8, 4) is 0 Å². The van der Waals surface area contributed by atoms with Gasteiger partial charge in [0.05, 0.1) is 11.9 Å². The quantitative estimate of drug-likeness (QED) is 0.498. The van der Waals surface area contributed by atoms with Crippen molar-refractivity contribution in [1.82, 2.24) is 0 Å². The van der Waals surface area contributed by atoms with E-state index in [0.717, 1.165) is 11.8 Å². The predicted molar refractivity (Wildman–Crippen MR) is 53.3 cm³/mol. The van der Waals surface area contributed by atoms with Gasteiger partial charge in [-0.25, -0.2) is 0 Å². The van der Waals surface area contributed by atoms with Crippen LogP contribution in [0.1, 0.15) is 40.5 Å². The Bertz CT molecular complexity index is 185. The van der Waals surface area contributed by atoms with E-state index in [4.69, 9.17) is 5.73 Å². The van der Waals surface area contributed by atoms with Gasteiger partial charge in [-0.1, -0.05) is 20.8 Å². The molecule has 1 aliphatic carbocycles. The first-order valence-corrected chi connectivity index (χ1v) is 4.75. The number of amidine groups is 1. The van der Waals surface area contributed by atoms with Crippen LogP contribution in [0.15, 0.2) is 4.99 Å². The van der Waals surface area contributed by atoms with Crippen molar-refractivity contribution in [1.29, 1.82) is 0 Å². The lowest BCUT2D eigenvalue weighted by Gasteiger charge is -2.19. The number of nitrogens with two attached hydrogens (primary N) is 1. The third-order valence-corrected chi connectivity index (χ3v) is 2.42. The molecule has 1 fully saturated rings. The van der Waals surface area contributed by atoms with E-state index in [0.29, 0.717) is 6.04 Å². The average molecular weight is 168 g/mol. The molecule has 0 aromatic rings. The van der Waals surface area contributed by atoms with Gasteiger partial charge in [-0.15, -0.1) is 0 Å². The van der Waals surface area contributed by atoms with Crippen LogP contribution in [-0.2, 0) is 0 Å². The van der Waals surface area contributed by atoms with Crippen molar-refractivity contribution < 1.29 is 0 Å². The van der Waals surface area contributed by atoms with E-state index in [-0.39, 0.29) is 5.41 Å². The number of hydrogen-bond donors (Lipinski definition) is 1. The van der Waals surface area contributed by atoms with E-state index in [9.17, 15) is 0 Å². The molecule has 12 heavy (non-hydrogen) atoms. The van der Waals surface area contributed by atoms with E-state index >= 15 is 0 Å². The summed E-state index contributed by atoms with van der Waals surface area (Å²) in [7, 11) is 0. The van der Waals surface area contributed by atoms with Crippen LogP contribution < -0.4 is 5.73 Å². The minimum Gasteiger partial charge on any atom is -0.387 e. The summed E-state index contributed by atoms with van der Waals surface area (Å²) in [6.07, 6.45) is 2.67. The zero-order valence-electron chi connectivity index (χ0n) is 8.59. The van der Waals surface area contributed by atoms with Gasteiger partial charge in [0.15, 0.2) is 0 Å². The summed E-state index contributed by atoms with van der Waals surface area (Å²) >= 11 is 0. The lowest BCUT2D eigenvalue weighted by atomic mass is 9.95. The van der Waals surface area contributed by atoms with Crippen LogP contribution in [0.3, 0.4) is 0 Å². The lowest BCUT2D eigenvalue weighted by Crippen LogP contribution is -2.30. The van der Waals surface area contributed by atoms with Gasteiger partial charge in [-0.2, -0.15) is 0 Å². The van der Waals surface area contributed by atoms with Crippen molar-refractivity contribution in [2.75, 3.05) is 0 Å². The third kappa shape index (κ3) is 2.50. The molecule has 2 N–H and O–H groups in total. The highest BCUT2D eigenvalue weighted by molar-refractivity contribution is 5.85. The van der Waals surface area contributed by atoms with Gasteiger partial charge < -0.3 is 5.73 Å². The van der Waals surface area contributed by atoms with Crippen LogP contribution in [0.5, 0.6) is 0 Å². The van der Waals surface area contributed by atoms with E-state index in [1.165, 1.54) is 12.8 Å². The molecular weight excluding hydrogens is 148 g/mol. The smallest absolute Gasteiger partial charge is 0.0994 e. The van der Waals surface area contributed by atoms with Crippen LogP contribution >= 0.6 is 0 Å². The molecule has 1 atom stereocenters. The fourth-order valence-electron chi connectivity index (χ4n) is 1.10. The molecule has 0 heterocycles. The molecule has 1 unspecified atom stereocenters. The summed E-state index contributed by atoms with van der Waals surface area (Å²) in [6, 6.07) is 0.434. The lowest BCUT2D eigenvalue weighted by molar-refractivity contribution is 0.563. The SMILES string of the molecule is CC(N=C(N)C(C)(C)C)C1CC1. The number of hydrogen-bond acceptors (Lipinski definition) is 1. The molecule has 0 aromatic carbocycles. The van der Waals surface area contributed by atoms with Crippen LogP contribution in [0.4, 0.5) is 0 Å². The van der Waals surface area contributed by atoms with Crippen molar-refractivity contribution in [3.05, 3.63) is 0 Å². The fourth-order valence-corrected chi connectivity index (χ4v) is 1.10. The number of rotatable bonds is 2. The van der Waals surface area contributed by atoms with Crippen LogP contribution in [0.25, 0.3) is 0 Å². The fraction of sp³-hybridized carbons (Fsp3) is 0.900. The van der Waals surface area contributed by atoms with Gasteiger partial charge in [0.1, 0.15) is 0 Å². The Kier molecular flexibility index (Phi) is 2.45. The maximum Gasteiger partial charge on any atom is 0.0994 e. The summed E-state index contributed by atoms with van der Waals surface area (Å²) in [4.78, 5) is 4.50. The van der Waals surface area contributed by atoms with Crippen molar-refractivity contribution in [2.45, 2.75) is 46.6 Å². The van der Waals surface area contributed by atoms with Gasteiger partial charge in [0.2, 0.25) is 0 Å². The second-order valence-corrected chi connectivity index (χ2v) is 4.84. The maximum atomic E-state index is 5.87. The van der Waals surface area contributed by atoms with Gasteiger partial charge in [-0.3, -0.25) is 4.99 Å². The van der Waals surface area contributed by atoms with Crippen LogP contribution in [0.2, 0.25) is 0 Å². The summed E-state index contributed by atoms with van der Waals surface area (Å²) in [6.45, 7) is 8.47.